The normalized spacial score (nSPS) is 21.6. The molecule has 0 spiro atoms. The minimum Gasteiger partial charge on any atom is -0.496 e. The van der Waals surface area contributed by atoms with Gasteiger partial charge in [-0.15, -0.1) is 0 Å². The number of benzene rings is 2. The Kier molecular flexibility index (Phi) is 7.96. The predicted octanol–water partition coefficient (Wildman–Crippen LogP) is 8.98. The van der Waals surface area contributed by atoms with E-state index in [1.165, 1.54) is 11.8 Å². The molecule has 1 fully saturated rings. The molecule has 1 heterocycles. The second-order valence-corrected chi connectivity index (χ2v) is 12.6. The minimum absolute atomic E-state index is 0.0146. The lowest BCUT2D eigenvalue weighted by Crippen LogP contribution is -2.44. The molecule has 2 aromatic carbocycles. The zero-order chi connectivity index (χ0) is 29.8. The highest BCUT2D eigenvalue weighted by atomic mass is 127. The summed E-state index contributed by atoms with van der Waals surface area (Å²) in [4.78, 5) is 14.3. The molecule has 0 aromatic heterocycles. The first-order chi connectivity index (χ1) is 18.4. The van der Waals surface area contributed by atoms with E-state index in [9.17, 15) is 31.1 Å². The van der Waals surface area contributed by atoms with Crippen molar-refractivity contribution in [1.82, 2.24) is 4.90 Å². The Labute approximate surface area is 242 Å². The Morgan fingerprint density at radius 3 is 2.15 bits per heavy atom. The van der Waals surface area contributed by atoms with E-state index in [4.69, 9.17) is 9.47 Å². The lowest BCUT2D eigenvalue weighted by Gasteiger charge is -2.39. The molecule has 218 valence electrons. The van der Waals surface area contributed by atoms with Crippen LogP contribution in [0.25, 0.3) is 5.57 Å². The van der Waals surface area contributed by atoms with Crippen molar-refractivity contribution in [2.24, 2.45) is 5.41 Å². The average molecular weight is 681 g/mol. The first-order valence-electron chi connectivity index (χ1n) is 12.7. The highest BCUT2D eigenvalue weighted by molar-refractivity contribution is 14.1. The molecule has 4 nitrogen and oxygen atoms in total. The standard InChI is InChI=1S/C29H30F6INO3/c1-16-8-24(39-5)22(12-23(16)36)21-6-7-26(2,3)13-17(21)14-37-25(38)40-15-27(37,4)18-9-19(28(30,31)32)11-20(10-18)29(33,34)35/h8-12H,6-7,13-15H2,1-5H3. The Morgan fingerprint density at radius 1 is 1.00 bits per heavy atom. The van der Waals surface area contributed by atoms with E-state index < -0.39 is 35.1 Å². The third kappa shape index (κ3) is 5.94. The van der Waals surface area contributed by atoms with E-state index in [2.05, 4.69) is 36.4 Å². The number of nitrogens with zero attached hydrogens (tertiary/aromatic N) is 1. The van der Waals surface area contributed by atoms with Crippen LogP contribution in [0.4, 0.5) is 31.1 Å². The van der Waals surface area contributed by atoms with Crippen LogP contribution in [0.1, 0.15) is 67.9 Å². The maximum absolute atomic E-state index is 13.7. The van der Waals surface area contributed by atoms with Crippen molar-refractivity contribution in [3.63, 3.8) is 0 Å². The van der Waals surface area contributed by atoms with Crippen molar-refractivity contribution in [1.29, 1.82) is 0 Å². The van der Waals surface area contributed by atoms with Gasteiger partial charge in [0.1, 0.15) is 17.9 Å². The second kappa shape index (κ2) is 10.4. The number of methoxy groups -OCH3 is 1. The molecule has 2 aliphatic rings. The molecule has 0 saturated carbocycles. The van der Waals surface area contributed by atoms with E-state index >= 15 is 0 Å². The molecule has 11 heteroatoms. The number of hydrogen-bond donors (Lipinski definition) is 0. The van der Waals surface area contributed by atoms with Crippen molar-refractivity contribution in [3.05, 3.63) is 67.3 Å². The molecule has 40 heavy (non-hydrogen) atoms. The van der Waals surface area contributed by atoms with Crippen LogP contribution in [0.15, 0.2) is 35.9 Å². The molecule has 4 rings (SSSR count). The van der Waals surface area contributed by atoms with Crippen LogP contribution in [-0.4, -0.2) is 31.3 Å². The van der Waals surface area contributed by atoms with Crippen LogP contribution >= 0.6 is 22.6 Å². The second-order valence-electron chi connectivity index (χ2n) is 11.4. The lowest BCUT2D eigenvalue weighted by molar-refractivity contribution is -0.143. The molecule has 1 saturated heterocycles. The number of halogens is 7. The van der Waals surface area contributed by atoms with Gasteiger partial charge in [0, 0.05) is 15.7 Å². The fourth-order valence-electron chi connectivity index (χ4n) is 5.44. The van der Waals surface area contributed by atoms with Crippen LogP contribution in [0.3, 0.4) is 0 Å². The van der Waals surface area contributed by atoms with Gasteiger partial charge in [0.2, 0.25) is 0 Å². The van der Waals surface area contributed by atoms with E-state index in [0.29, 0.717) is 30.7 Å². The number of rotatable bonds is 5. The quantitative estimate of drug-likeness (QED) is 0.234. The van der Waals surface area contributed by atoms with Gasteiger partial charge >= 0.3 is 18.4 Å². The van der Waals surface area contributed by atoms with Gasteiger partial charge in [-0.25, -0.2) is 4.79 Å². The Bertz CT molecular complexity index is 1330. The maximum atomic E-state index is 13.7. The molecule has 0 bridgehead atoms. The summed E-state index contributed by atoms with van der Waals surface area (Å²) in [5.41, 5.74) is -1.16. The molecular weight excluding hydrogens is 651 g/mol. The summed E-state index contributed by atoms with van der Waals surface area (Å²) in [6.45, 7) is 7.18. The van der Waals surface area contributed by atoms with Crippen LogP contribution in [0.5, 0.6) is 5.75 Å². The van der Waals surface area contributed by atoms with E-state index in [1.54, 1.807) is 7.11 Å². The monoisotopic (exact) mass is 681 g/mol. The van der Waals surface area contributed by atoms with Crippen LogP contribution in [0.2, 0.25) is 0 Å². The van der Waals surface area contributed by atoms with E-state index in [0.717, 1.165) is 32.3 Å². The van der Waals surface area contributed by atoms with Gasteiger partial charge in [-0.1, -0.05) is 13.8 Å². The summed E-state index contributed by atoms with van der Waals surface area (Å²) < 4.78 is 93.9. The molecule has 0 radical (unpaired) electrons. The lowest BCUT2D eigenvalue weighted by atomic mass is 9.72. The molecule has 0 N–H and O–H groups in total. The number of alkyl halides is 6. The highest BCUT2D eigenvalue weighted by Crippen LogP contribution is 2.47. The number of ether oxygens (including phenoxy) is 2. The molecular formula is C29H30F6INO3. The SMILES string of the molecule is COc1cc(C)c(I)cc1C1=C(CN2C(=O)OCC2(C)c2cc(C(F)(F)F)cc(C(F)(F)F)c2)CC(C)(C)CC1. The van der Waals surface area contributed by atoms with Crippen molar-refractivity contribution < 1.29 is 40.6 Å². The zero-order valence-electron chi connectivity index (χ0n) is 22.7. The summed E-state index contributed by atoms with van der Waals surface area (Å²) in [6.07, 6.45) is -8.73. The molecule has 1 amide bonds. The summed E-state index contributed by atoms with van der Waals surface area (Å²) in [5, 5.41) is 0. The summed E-state index contributed by atoms with van der Waals surface area (Å²) in [6, 6.07) is 5.37. The zero-order valence-corrected chi connectivity index (χ0v) is 24.9. The summed E-state index contributed by atoms with van der Waals surface area (Å²) in [5.74, 6) is 0.657. The third-order valence-electron chi connectivity index (χ3n) is 7.83. The van der Waals surface area contributed by atoms with Crippen molar-refractivity contribution in [2.45, 2.75) is 64.8 Å². The highest BCUT2D eigenvalue weighted by Gasteiger charge is 2.48. The van der Waals surface area contributed by atoms with Crippen molar-refractivity contribution in [2.75, 3.05) is 20.3 Å². The number of amides is 1. The van der Waals surface area contributed by atoms with Gasteiger partial charge < -0.3 is 9.47 Å². The molecule has 1 atom stereocenters. The molecule has 1 unspecified atom stereocenters. The third-order valence-corrected chi connectivity index (χ3v) is 8.99. The Balaban J connectivity index is 1.86. The number of carbonyl (C=O) groups excluding carboxylic acids is 1. The topological polar surface area (TPSA) is 38.8 Å². The van der Waals surface area contributed by atoms with Gasteiger partial charge in [0.05, 0.1) is 18.2 Å². The smallest absolute Gasteiger partial charge is 0.416 e. The number of hydrogen-bond acceptors (Lipinski definition) is 3. The fourth-order valence-corrected chi connectivity index (χ4v) is 5.91. The van der Waals surface area contributed by atoms with Gasteiger partial charge in [-0.2, -0.15) is 26.3 Å². The molecule has 1 aliphatic heterocycles. The van der Waals surface area contributed by atoms with Crippen molar-refractivity contribution in [3.8, 4) is 5.75 Å². The largest absolute Gasteiger partial charge is 0.496 e. The number of carbonyl (C=O) groups is 1. The first kappa shape index (κ1) is 30.5. The first-order valence-corrected chi connectivity index (χ1v) is 13.7. The van der Waals surface area contributed by atoms with Crippen LogP contribution in [-0.2, 0) is 22.6 Å². The fraction of sp³-hybridized carbons (Fsp3) is 0.483. The van der Waals surface area contributed by atoms with Gasteiger partial charge in [0.25, 0.3) is 0 Å². The van der Waals surface area contributed by atoms with Gasteiger partial charge in [0.15, 0.2) is 0 Å². The maximum Gasteiger partial charge on any atom is 0.416 e. The Hall–Kier alpha value is -2.44. The summed E-state index contributed by atoms with van der Waals surface area (Å²) >= 11 is 2.23. The van der Waals surface area contributed by atoms with Gasteiger partial charge in [-0.3, -0.25) is 4.90 Å². The van der Waals surface area contributed by atoms with Crippen LogP contribution in [0, 0.1) is 15.9 Å². The van der Waals surface area contributed by atoms with E-state index in [-0.39, 0.29) is 30.2 Å². The minimum atomic E-state index is -5.01. The predicted molar refractivity (Wildman–Crippen MR) is 147 cm³/mol. The summed E-state index contributed by atoms with van der Waals surface area (Å²) in [7, 11) is 1.57. The van der Waals surface area contributed by atoms with Gasteiger partial charge in [-0.05, 0) is 114 Å². The average Bonchev–Trinajstić information content (AvgIpc) is 3.13. The number of aryl methyl sites for hydroxylation is 1. The molecule has 1 aliphatic carbocycles. The van der Waals surface area contributed by atoms with Crippen LogP contribution < -0.4 is 4.74 Å². The Morgan fingerprint density at radius 2 is 1.60 bits per heavy atom. The van der Waals surface area contributed by atoms with Crippen molar-refractivity contribution >= 4 is 34.3 Å². The van der Waals surface area contributed by atoms with E-state index in [1.807, 2.05) is 19.1 Å². The number of allylic oxidation sites excluding steroid dienone is 1. The molecule has 2 aromatic rings. The number of cyclic esters (lactones) is 1.